The molecule has 8 nitrogen and oxygen atoms in total. The number of hydrogen-bond donors (Lipinski definition) is 3. The van der Waals surface area contributed by atoms with Crippen molar-refractivity contribution in [2.24, 2.45) is 0 Å². The molecule has 2 amide bonds. The number of nitrogens with one attached hydrogen (secondary N) is 2. The molecule has 102 valence electrons. The first-order valence-electron chi connectivity index (χ1n) is 5.05. The average Bonchev–Trinajstić information content (AvgIpc) is 2.27. The Morgan fingerprint density at radius 2 is 2.05 bits per heavy atom. The van der Waals surface area contributed by atoms with Crippen molar-refractivity contribution in [3.05, 3.63) is 34.1 Å². The van der Waals surface area contributed by atoms with Crippen molar-refractivity contribution < 1.29 is 24.0 Å². The van der Waals surface area contributed by atoms with Gasteiger partial charge in [0.25, 0.3) is 5.69 Å². The van der Waals surface area contributed by atoms with Crippen molar-refractivity contribution in [3.8, 4) is 0 Å². The Morgan fingerprint density at radius 3 is 2.58 bits per heavy atom. The molecule has 0 saturated carbocycles. The maximum Gasteiger partial charge on any atom is 0.325 e. The maximum absolute atomic E-state index is 13.1. The second kappa shape index (κ2) is 5.76. The van der Waals surface area contributed by atoms with E-state index in [0.29, 0.717) is 6.07 Å². The van der Waals surface area contributed by atoms with E-state index in [0.717, 1.165) is 12.1 Å². The van der Waals surface area contributed by atoms with Gasteiger partial charge in [-0.2, -0.15) is 0 Å². The molecular formula is C10H10FN3O5. The summed E-state index contributed by atoms with van der Waals surface area (Å²) in [7, 11) is 0. The molecule has 3 N–H and O–H groups in total. The van der Waals surface area contributed by atoms with Crippen LogP contribution in [-0.4, -0.2) is 28.1 Å². The lowest BCUT2D eigenvalue weighted by Gasteiger charge is -2.10. The fraction of sp³-hybridized carbons (Fsp3) is 0.200. The number of halogens is 1. The van der Waals surface area contributed by atoms with Crippen molar-refractivity contribution in [2.75, 3.05) is 5.32 Å². The van der Waals surface area contributed by atoms with E-state index >= 15 is 0 Å². The zero-order chi connectivity index (χ0) is 14.6. The second-order valence-electron chi connectivity index (χ2n) is 3.61. The molecule has 0 aromatic heterocycles. The SMILES string of the molecule is C[C@H](NC(=O)Nc1cc(F)cc([N+](=O)[O-])c1)C(=O)O. The molecule has 0 bridgehead atoms. The zero-order valence-electron chi connectivity index (χ0n) is 9.71. The number of non-ortho nitro benzene ring substituents is 1. The minimum absolute atomic E-state index is 0.151. The second-order valence-corrected chi connectivity index (χ2v) is 3.61. The molecule has 0 unspecified atom stereocenters. The van der Waals surface area contributed by atoms with Crippen molar-refractivity contribution in [2.45, 2.75) is 13.0 Å². The predicted molar refractivity (Wildman–Crippen MR) is 62.3 cm³/mol. The van der Waals surface area contributed by atoms with Crippen LogP contribution >= 0.6 is 0 Å². The zero-order valence-corrected chi connectivity index (χ0v) is 9.71. The van der Waals surface area contributed by atoms with Gasteiger partial charge in [-0.3, -0.25) is 14.9 Å². The monoisotopic (exact) mass is 271 g/mol. The number of nitrogens with zero attached hydrogens (tertiary/aromatic N) is 1. The van der Waals surface area contributed by atoms with E-state index in [-0.39, 0.29) is 5.69 Å². The number of benzene rings is 1. The number of urea groups is 1. The van der Waals surface area contributed by atoms with E-state index in [1.807, 2.05) is 0 Å². The summed E-state index contributed by atoms with van der Waals surface area (Å²) in [5, 5.41) is 23.2. The van der Waals surface area contributed by atoms with E-state index in [1.54, 1.807) is 0 Å². The summed E-state index contributed by atoms with van der Waals surface area (Å²) in [6.45, 7) is 1.23. The summed E-state index contributed by atoms with van der Waals surface area (Å²) in [5.41, 5.74) is -0.677. The molecule has 9 heteroatoms. The lowest BCUT2D eigenvalue weighted by molar-refractivity contribution is -0.385. The number of carboxylic acids is 1. The highest BCUT2D eigenvalue weighted by Gasteiger charge is 2.15. The predicted octanol–water partition coefficient (Wildman–Crippen LogP) is 1.33. The Morgan fingerprint density at radius 1 is 1.42 bits per heavy atom. The first-order chi connectivity index (χ1) is 8.79. The van der Waals surface area contributed by atoms with Crippen LogP contribution < -0.4 is 10.6 Å². The number of anilines is 1. The standard InChI is InChI=1S/C10H10FN3O5/c1-5(9(15)16)12-10(17)13-7-2-6(11)3-8(4-7)14(18)19/h2-5H,1H3,(H,15,16)(H2,12,13,17)/t5-/m0/s1. The molecule has 1 aromatic carbocycles. The van der Waals surface area contributed by atoms with Crippen molar-refractivity contribution in [1.29, 1.82) is 0 Å². The third-order valence-corrected chi connectivity index (χ3v) is 2.07. The van der Waals surface area contributed by atoms with Crippen molar-refractivity contribution >= 4 is 23.4 Å². The van der Waals surface area contributed by atoms with Crippen LogP contribution in [0.4, 0.5) is 20.6 Å². The molecule has 1 atom stereocenters. The fourth-order valence-corrected chi connectivity index (χ4v) is 1.18. The van der Waals surface area contributed by atoms with Gasteiger partial charge < -0.3 is 15.7 Å². The van der Waals surface area contributed by atoms with Crippen LogP contribution in [0.15, 0.2) is 18.2 Å². The Hall–Kier alpha value is -2.71. The number of hydrogen-bond acceptors (Lipinski definition) is 4. The van der Waals surface area contributed by atoms with Crippen LogP contribution in [0.3, 0.4) is 0 Å². The molecule has 0 radical (unpaired) electrons. The Labute approximate surface area is 106 Å². The molecule has 0 saturated heterocycles. The van der Waals surface area contributed by atoms with Gasteiger partial charge in [0, 0.05) is 6.07 Å². The highest BCUT2D eigenvalue weighted by molar-refractivity contribution is 5.92. The van der Waals surface area contributed by atoms with Crippen LogP contribution in [0, 0.1) is 15.9 Å². The Balaban J connectivity index is 2.79. The molecule has 19 heavy (non-hydrogen) atoms. The first-order valence-corrected chi connectivity index (χ1v) is 5.05. The quantitative estimate of drug-likeness (QED) is 0.563. The van der Waals surface area contributed by atoms with E-state index in [9.17, 15) is 24.1 Å². The molecule has 0 spiro atoms. The van der Waals surface area contributed by atoms with Gasteiger partial charge in [0.15, 0.2) is 0 Å². The van der Waals surface area contributed by atoms with E-state index < -0.39 is 34.5 Å². The third kappa shape index (κ3) is 4.22. The number of aliphatic carboxylic acids is 1. The number of rotatable bonds is 4. The summed E-state index contributed by atoms with van der Waals surface area (Å²) < 4.78 is 13.1. The molecular weight excluding hydrogens is 261 g/mol. The van der Waals surface area contributed by atoms with Gasteiger partial charge in [-0.15, -0.1) is 0 Å². The normalized spacial score (nSPS) is 11.5. The summed E-state index contributed by atoms with van der Waals surface area (Å²) in [6.07, 6.45) is 0. The summed E-state index contributed by atoms with van der Waals surface area (Å²) >= 11 is 0. The Bertz CT molecular complexity index is 534. The van der Waals surface area contributed by atoms with Crippen LogP contribution in [0.5, 0.6) is 0 Å². The van der Waals surface area contributed by atoms with Gasteiger partial charge in [0.2, 0.25) is 0 Å². The molecule has 0 fully saturated rings. The van der Waals surface area contributed by atoms with Crippen LogP contribution in [0.25, 0.3) is 0 Å². The van der Waals surface area contributed by atoms with Crippen LogP contribution in [0.2, 0.25) is 0 Å². The van der Waals surface area contributed by atoms with Gasteiger partial charge >= 0.3 is 12.0 Å². The van der Waals surface area contributed by atoms with Gasteiger partial charge in [-0.1, -0.05) is 0 Å². The largest absolute Gasteiger partial charge is 0.480 e. The minimum Gasteiger partial charge on any atom is -0.480 e. The first kappa shape index (κ1) is 14.4. The van der Waals surface area contributed by atoms with Gasteiger partial charge in [-0.25, -0.2) is 9.18 Å². The number of nitro groups is 1. The Kier molecular flexibility index (Phi) is 4.35. The average molecular weight is 271 g/mol. The third-order valence-electron chi connectivity index (χ3n) is 2.07. The molecule has 1 aromatic rings. The lowest BCUT2D eigenvalue weighted by Crippen LogP contribution is -2.40. The molecule has 0 aliphatic carbocycles. The van der Waals surface area contributed by atoms with E-state index in [2.05, 4.69) is 10.6 Å². The van der Waals surface area contributed by atoms with Crippen molar-refractivity contribution in [1.82, 2.24) is 5.32 Å². The molecule has 0 aliphatic rings. The molecule has 0 heterocycles. The highest BCUT2D eigenvalue weighted by atomic mass is 19.1. The topological polar surface area (TPSA) is 122 Å². The molecule has 1 rings (SSSR count). The summed E-state index contributed by atoms with van der Waals surface area (Å²) in [4.78, 5) is 31.5. The number of nitro benzene ring substituents is 1. The van der Waals surface area contributed by atoms with E-state index in [1.165, 1.54) is 6.92 Å². The fourth-order valence-electron chi connectivity index (χ4n) is 1.18. The minimum atomic E-state index is -1.25. The van der Waals surface area contributed by atoms with Crippen LogP contribution in [-0.2, 0) is 4.79 Å². The molecule has 0 aliphatic heterocycles. The summed E-state index contributed by atoms with van der Waals surface area (Å²) in [5.74, 6) is -2.14. The smallest absolute Gasteiger partial charge is 0.325 e. The van der Waals surface area contributed by atoms with Gasteiger partial charge in [0.05, 0.1) is 16.7 Å². The highest BCUT2D eigenvalue weighted by Crippen LogP contribution is 2.19. The number of carbonyl (C=O) groups is 2. The lowest BCUT2D eigenvalue weighted by atomic mass is 10.2. The van der Waals surface area contributed by atoms with Crippen LogP contribution in [0.1, 0.15) is 6.92 Å². The maximum atomic E-state index is 13.1. The number of carboxylic acid groups (broad SMARTS) is 1. The number of amides is 2. The van der Waals surface area contributed by atoms with Gasteiger partial charge in [0.1, 0.15) is 11.9 Å². The van der Waals surface area contributed by atoms with Crippen molar-refractivity contribution in [3.63, 3.8) is 0 Å². The number of carbonyl (C=O) groups excluding carboxylic acids is 1. The van der Waals surface area contributed by atoms with E-state index in [4.69, 9.17) is 5.11 Å². The van der Waals surface area contributed by atoms with Gasteiger partial charge in [-0.05, 0) is 13.0 Å². The summed E-state index contributed by atoms with van der Waals surface area (Å²) in [6, 6.07) is 0.466.